The Morgan fingerprint density at radius 2 is 1.16 bits per heavy atom. The highest BCUT2D eigenvalue weighted by Gasteiger charge is 2.20. The van der Waals surface area contributed by atoms with Gasteiger partial charge in [-0.3, -0.25) is 0 Å². The van der Waals surface area contributed by atoms with Crippen LogP contribution in [0.1, 0.15) is 20.7 Å². The summed E-state index contributed by atoms with van der Waals surface area (Å²) in [6, 6.07) is 26.5. The average Bonchev–Trinajstić information content (AvgIpc) is 3.88. The van der Waals surface area contributed by atoms with Crippen molar-refractivity contribution in [2.24, 2.45) is 0 Å². The Labute approximate surface area is 357 Å². The molecule has 0 bridgehead atoms. The van der Waals surface area contributed by atoms with Crippen LogP contribution in [0.25, 0.3) is 54.8 Å². The van der Waals surface area contributed by atoms with E-state index in [0.29, 0.717) is 62.6 Å². The molecular formula is C40H24BrCl5N2O5S2. The molecular weight excluding hydrogens is 910 g/mol. The minimum Gasteiger partial charge on any atom is -0.496 e. The minimum atomic E-state index is -1.07. The molecule has 0 fully saturated rings. The topological polar surface area (TPSA) is 98.6 Å². The van der Waals surface area contributed by atoms with Crippen molar-refractivity contribution < 1.29 is 24.2 Å². The van der Waals surface area contributed by atoms with Gasteiger partial charge < -0.3 is 14.6 Å². The lowest BCUT2D eigenvalue weighted by Gasteiger charge is -2.13. The monoisotopic (exact) mass is 930 g/mol. The van der Waals surface area contributed by atoms with Crippen molar-refractivity contribution in [2.75, 3.05) is 14.2 Å². The molecule has 7 rings (SSSR count). The van der Waals surface area contributed by atoms with E-state index < -0.39 is 11.9 Å². The summed E-state index contributed by atoms with van der Waals surface area (Å²) in [6.45, 7) is 0. The Bertz CT molecular complexity index is 2580. The third-order valence-electron chi connectivity index (χ3n) is 8.02. The highest BCUT2D eigenvalue weighted by atomic mass is 79.9. The van der Waals surface area contributed by atoms with Crippen molar-refractivity contribution in [3.8, 4) is 60.5 Å². The number of ether oxygens (including phenoxy) is 2. The summed E-state index contributed by atoms with van der Waals surface area (Å²) in [6.07, 6.45) is 0. The number of aromatic nitrogens is 2. The van der Waals surface area contributed by atoms with Crippen LogP contribution in [0.2, 0.25) is 25.1 Å². The number of carboxylic acid groups (broad SMARTS) is 1. The molecule has 0 aliphatic carbocycles. The van der Waals surface area contributed by atoms with E-state index >= 15 is 0 Å². The van der Waals surface area contributed by atoms with Gasteiger partial charge in [0.15, 0.2) is 0 Å². The number of halogens is 6. The van der Waals surface area contributed by atoms with E-state index in [2.05, 4.69) is 25.9 Å². The molecule has 0 saturated carbocycles. The summed E-state index contributed by atoms with van der Waals surface area (Å²) in [5, 5.41) is 17.5. The van der Waals surface area contributed by atoms with Crippen molar-refractivity contribution in [2.45, 2.75) is 0 Å². The molecule has 7 aromatic rings. The van der Waals surface area contributed by atoms with Crippen LogP contribution in [-0.4, -0.2) is 41.2 Å². The van der Waals surface area contributed by atoms with E-state index in [-0.39, 0.29) is 5.56 Å². The van der Waals surface area contributed by atoms with Crippen molar-refractivity contribution in [3.63, 3.8) is 0 Å². The third-order valence-corrected chi connectivity index (χ3v) is 12.3. The van der Waals surface area contributed by atoms with Gasteiger partial charge in [-0.25, -0.2) is 19.6 Å². The van der Waals surface area contributed by atoms with Gasteiger partial charge in [0.25, 0.3) is 0 Å². The summed E-state index contributed by atoms with van der Waals surface area (Å²) >= 11 is 36.7. The fourth-order valence-corrected chi connectivity index (χ4v) is 8.25. The van der Waals surface area contributed by atoms with Gasteiger partial charge in [0.1, 0.15) is 15.8 Å². The number of thiazole rings is 2. The second-order valence-corrected chi connectivity index (χ2v) is 16.0. The molecule has 0 aliphatic heterocycles. The molecule has 2 aromatic heterocycles. The minimum absolute atomic E-state index is 0.107. The largest absolute Gasteiger partial charge is 0.496 e. The van der Waals surface area contributed by atoms with Crippen molar-refractivity contribution in [1.82, 2.24) is 9.97 Å². The van der Waals surface area contributed by atoms with Crippen LogP contribution in [0, 0.1) is 0 Å². The Hall–Kier alpha value is -3.97. The molecule has 0 radical (unpaired) electrons. The van der Waals surface area contributed by atoms with E-state index in [1.54, 1.807) is 60.7 Å². The van der Waals surface area contributed by atoms with Gasteiger partial charge in [0.05, 0.1) is 61.8 Å². The Morgan fingerprint density at radius 1 is 0.636 bits per heavy atom. The molecule has 0 aliphatic rings. The van der Waals surface area contributed by atoms with Gasteiger partial charge in [-0.2, -0.15) is 0 Å². The van der Waals surface area contributed by atoms with Gasteiger partial charge in [-0.1, -0.05) is 94.4 Å². The third kappa shape index (κ3) is 9.20. The van der Waals surface area contributed by atoms with E-state index in [9.17, 15) is 14.7 Å². The van der Waals surface area contributed by atoms with E-state index in [1.807, 2.05) is 41.1 Å². The van der Waals surface area contributed by atoms with Crippen molar-refractivity contribution in [1.29, 1.82) is 0 Å². The van der Waals surface area contributed by atoms with Crippen LogP contribution in [0.5, 0.6) is 5.75 Å². The summed E-state index contributed by atoms with van der Waals surface area (Å²) < 4.78 is 10.9. The second-order valence-electron chi connectivity index (χ2n) is 11.4. The van der Waals surface area contributed by atoms with Gasteiger partial charge >= 0.3 is 11.9 Å². The number of carbonyl (C=O) groups is 2. The average molecular weight is 934 g/mol. The first-order valence-electron chi connectivity index (χ1n) is 15.8. The van der Waals surface area contributed by atoms with Gasteiger partial charge in [-0.05, 0) is 70.5 Å². The summed E-state index contributed by atoms with van der Waals surface area (Å²) in [7, 11) is 2.87. The molecule has 0 atom stereocenters. The number of aromatic carboxylic acids is 1. The molecule has 0 spiro atoms. The highest BCUT2D eigenvalue weighted by Crippen LogP contribution is 2.41. The van der Waals surface area contributed by atoms with Crippen LogP contribution < -0.4 is 4.74 Å². The molecule has 1 N–H and O–H groups in total. The molecule has 0 amide bonds. The van der Waals surface area contributed by atoms with Crippen molar-refractivity contribution >= 4 is 109 Å². The Kier molecular flexibility index (Phi) is 13.2. The zero-order chi connectivity index (χ0) is 39.4. The lowest BCUT2D eigenvalue weighted by atomic mass is 9.96. The zero-order valence-electron chi connectivity index (χ0n) is 28.4. The second kappa shape index (κ2) is 17.9. The number of esters is 1. The predicted octanol–water partition coefficient (Wildman–Crippen LogP) is 14.1. The van der Waals surface area contributed by atoms with Gasteiger partial charge in [0.2, 0.25) is 0 Å². The zero-order valence-corrected chi connectivity index (χ0v) is 35.4. The highest BCUT2D eigenvalue weighted by molar-refractivity contribution is 9.10. The lowest BCUT2D eigenvalue weighted by molar-refractivity contribution is 0.0598. The molecule has 0 unspecified atom stereocenters. The summed E-state index contributed by atoms with van der Waals surface area (Å²) in [5.41, 5.74) is 6.34. The number of carbonyl (C=O) groups excluding carboxylic acids is 1. The summed E-state index contributed by atoms with van der Waals surface area (Å²) in [4.78, 5) is 33.2. The number of hydrogen-bond donors (Lipinski definition) is 1. The smallest absolute Gasteiger partial charge is 0.339 e. The molecule has 0 saturated heterocycles. The number of rotatable bonds is 8. The maximum absolute atomic E-state index is 12.1. The van der Waals surface area contributed by atoms with Crippen LogP contribution in [0.4, 0.5) is 0 Å². The fraction of sp³-hybridized carbons (Fsp3) is 0.0500. The van der Waals surface area contributed by atoms with E-state index in [4.69, 9.17) is 67.5 Å². The molecule has 55 heavy (non-hydrogen) atoms. The maximum atomic E-state index is 12.1. The standard InChI is InChI=1S/C23H14Cl3NO3S.C17H10BrCl2NO2S/c1-30-20-4-2-3-17(25)21(20)14-7-5-13(9-15(14)23(28)29)22-27-19(11-31-22)12-6-8-16(24)18(26)10-12;1-23-17(22)11-6-10(2-4-12(11)18)16-21-15(8-24-16)9-3-5-13(19)14(20)7-9/h2-11H,1H3,(H,28,29);2-8H,1H3. The Morgan fingerprint density at radius 3 is 1.67 bits per heavy atom. The van der Waals surface area contributed by atoms with Gasteiger partial charge in [-0.15, -0.1) is 22.7 Å². The quantitative estimate of drug-likeness (QED) is 0.152. The number of methoxy groups -OCH3 is 2. The normalized spacial score (nSPS) is 10.8. The van der Waals surface area contributed by atoms with E-state index in [0.717, 1.165) is 33.1 Å². The van der Waals surface area contributed by atoms with Crippen LogP contribution in [0.15, 0.2) is 106 Å². The van der Waals surface area contributed by atoms with Crippen LogP contribution in [0.3, 0.4) is 0 Å². The summed E-state index contributed by atoms with van der Waals surface area (Å²) in [5.74, 6) is -0.969. The first-order chi connectivity index (χ1) is 26.4. The molecule has 5 aromatic carbocycles. The van der Waals surface area contributed by atoms with Crippen molar-refractivity contribution in [3.05, 3.63) is 142 Å². The maximum Gasteiger partial charge on any atom is 0.339 e. The first kappa shape index (κ1) is 40.7. The molecule has 15 heteroatoms. The molecule has 2 heterocycles. The molecule has 7 nitrogen and oxygen atoms in total. The lowest BCUT2D eigenvalue weighted by Crippen LogP contribution is -2.02. The number of hydrogen-bond acceptors (Lipinski definition) is 8. The number of carboxylic acids is 1. The molecule has 278 valence electrons. The fourth-order valence-electron chi connectivity index (χ4n) is 5.32. The Balaban J connectivity index is 0.000000193. The van der Waals surface area contributed by atoms with E-state index in [1.165, 1.54) is 36.9 Å². The first-order valence-corrected chi connectivity index (χ1v) is 20.2. The van der Waals surface area contributed by atoms with Crippen LogP contribution >= 0.6 is 96.6 Å². The number of benzene rings is 5. The number of nitrogens with zero attached hydrogens (tertiary/aromatic N) is 2. The van der Waals surface area contributed by atoms with Crippen LogP contribution in [-0.2, 0) is 4.74 Å². The SMILES string of the molecule is COC(=O)c1cc(-c2nc(-c3ccc(Cl)c(Cl)c3)cs2)ccc1Br.COc1cccc(Cl)c1-c1ccc(-c2nc(-c3ccc(Cl)c(Cl)c3)cs2)cc1C(=O)O. The van der Waals surface area contributed by atoms with Gasteiger partial charge in [0, 0.05) is 48.6 Å². The predicted molar refractivity (Wildman–Crippen MR) is 229 cm³/mol.